The van der Waals surface area contributed by atoms with E-state index in [1.54, 1.807) is 18.2 Å². The number of hydrogen-bond acceptors (Lipinski definition) is 3. The lowest BCUT2D eigenvalue weighted by molar-refractivity contribution is 0.601. The van der Waals surface area contributed by atoms with Gasteiger partial charge in [0, 0.05) is 6.20 Å². The summed E-state index contributed by atoms with van der Waals surface area (Å²) in [5.74, 6) is 0. The van der Waals surface area contributed by atoms with Crippen LogP contribution in [0.3, 0.4) is 0 Å². The van der Waals surface area contributed by atoms with E-state index in [2.05, 4.69) is 9.71 Å². The number of aryl methyl sites for hydroxylation is 2. The number of sulfonamides is 1. The van der Waals surface area contributed by atoms with Gasteiger partial charge in [0.15, 0.2) is 0 Å². The van der Waals surface area contributed by atoms with Crippen molar-refractivity contribution < 1.29 is 8.42 Å². The number of nitrogens with one attached hydrogen (secondary N) is 1. The summed E-state index contributed by atoms with van der Waals surface area (Å²) in [6.45, 7) is 3.79. The molecule has 1 aromatic heterocycles. The van der Waals surface area contributed by atoms with Crippen molar-refractivity contribution in [2.45, 2.75) is 18.7 Å². The van der Waals surface area contributed by atoms with Gasteiger partial charge in [-0.1, -0.05) is 17.7 Å². The number of halogens is 1. The largest absolute Gasteiger partial charge is 0.277 e. The van der Waals surface area contributed by atoms with E-state index in [-0.39, 0.29) is 10.6 Å². The van der Waals surface area contributed by atoms with Crippen LogP contribution in [0.1, 0.15) is 11.1 Å². The lowest BCUT2D eigenvalue weighted by Crippen LogP contribution is -2.13. The van der Waals surface area contributed by atoms with Crippen molar-refractivity contribution in [2.24, 2.45) is 0 Å². The second-order valence-corrected chi connectivity index (χ2v) is 6.30. The Morgan fingerprint density at radius 3 is 2.53 bits per heavy atom. The van der Waals surface area contributed by atoms with Gasteiger partial charge in [0.1, 0.15) is 0 Å². The minimum atomic E-state index is -3.65. The van der Waals surface area contributed by atoms with Crippen LogP contribution >= 0.6 is 11.6 Å². The first-order valence-corrected chi connectivity index (χ1v) is 7.46. The number of nitrogens with zero attached hydrogens (tertiary/aromatic N) is 1. The predicted molar refractivity (Wildman–Crippen MR) is 76.0 cm³/mol. The predicted octanol–water partition coefficient (Wildman–Crippen LogP) is 3.15. The lowest BCUT2D eigenvalue weighted by Gasteiger charge is -2.10. The Kier molecular flexibility index (Phi) is 3.78. The first-order chi connectivity index (χ1) is 8.90. The first kappa shape index (κ1) is 13.8. The topological polar surface area (TPSA) is 59.1 Å². The summed E-state index contributed by atoms with van der Waals surface area (Å²) in [4.78, 5) is 4.05. The first-order valence-electron chi connectivity index (χ1n) is 5.60. The molecule has 1 heterocycles. The Hall–Kier alpha value is -1.59. The maximum atomic E-state index is 12.2. The van der Waals surface area contributed by atoms with Crippen LogP contribution < -0.4 is 4.72 Å². The van der Waals surface area contributed by atoms with Gasteiger partial charge >= 0.3 is 0 Å². The highest BCUT2D eigenvalue weighted by atomic mass is 35.5. The van der Waals surface area contributed by atoms with Gasteiger partial charge in [-0.3, -0.25) is 9.71 Å². The van der Waals surface area contributed by atoms with Crippen LogP contribution in [-0.4, -0.2) is 13.4 Å². The van der Waals surface area contributed by atoms with Crippen molar-refractivity contribution in [1.82, 2.24) is 4.98 Å². The second-order valence-electron chi connectivity index (χ2n) is 4.21. The van der Waals surface area contributed by atoms with Crippen molar-refractivity contribution in [2.75, 3.05) is 4.72 Å². The van der Waals surface area contributed by atoms with Crippen LogP contribution in [0.25, 0.3) is 0 Å². The van der Waals surface area contributed by atoms with Crippen molar-refractivity contribution in [3.8, 4) is 0 Å². The van der Waals surface area contributed by atoms with Crippen LogP contribution in [0.4, 0.5) is 5.69 Å². The monoisotopic (exact) mass is 296 g/mol. The SMILES string of the molecule is Cc1ccc(S(=O)(=O)Nc2cnccc2Cl)cc1C. The Labute approximate surface area is 117 Å². The molecule has 2 rings (SSSR count). The Bertz CT molecular complexity index is 714. The molecule has 0 fully saturated rings. The van der Waals surface area contributed by atoms with Gasteiger partial charge < -0.3 is 0 Å². The molecule has 0 aliphatic carbocycles. The van der Waals surface area contributed by atoms with Crippen LogP contribution in [-0.2, 0) is 10.0 Å². The van der Waals surface area contributed by atoms with Crippen molar-refractivity contribution in [3.05, 3.63) is 52.8 Å². The highest BCUT2D eigenvalue weighted by Gasteiger charge is 2.16. The van der Waals surface area contributed by atoms with Gasteiger partial charge in [-0.15, -0.1) is 0 Å². The van der Waals surface area contributed by atoms with E-state index >= 15 is 0 Å². The average Bonchev–Trinajstić information content (AvgIpc) is 2.35. The molecule has 0 amide bonds. The molecule has 19 heavy (non-hydrogen) atoms. The summed E-state index contributed by atoms with van der Waals surface area (Å²) >= 11 is 5.91. The van der Waals surface area contributed by atoms with E-state index in [0.29, 0.717) is 5.02 Å². The molecule has 1 aromatic carbocycles. The molecule has 0 saturated carbocycles. The minimum Gasteiger partial charge on any atom is -0.277 e. The highest BCUT2D eigenvalue weighted by Crippen LogP contribution is 2.23. The summed E-state index contributed by atoms with van der Waals surface area (Å²) in [5.41, 5.74) is 2.22. The van der Waals surface area contributed by atoms with Crippen molar-refractivity contribution in [1.29, 1.82) is 0 Å². The smallest absolute Gasteiger partial charge is 0.261 e. The van der Waals surface area contributed by atoms with E-state index in [4.69, 9.17) is 11.6 Å². The fourth-order valence-corrected chi connectivity index (χ4v) is 2.89. The van der Waals surface area contributed by atoms with Crippen LogP contribution in [0.5, 0.6) is 0 Å². The third-order valence-corrected chi connectivity index (χ3v) is 4.49. The zero-order chi connectivity index (χ0) is 14.0. The molecule has 0 aliphatic rings. The molecule has 1 N–H and O–H groups in total. The molecule has 6 heteroatoms. The number of pyridine rings is 1. The van der Waals surface area contributed by atoms with Gasteiger partial charge in [0.2, 0.25) is 0 Å². The van der Waals surface area contributed by atoms with E-state index in [0.717, 1.165) is 11.1 Å². The van der Waals surface area contributed by atoms with Gasteiger partial charge in [-0.05, 0) is 43.2 Å². The maximum absolute atomic E-state index is 12.2. The standard InChI is InChI=1S/C13H13ClN2O2S/c1-9-3-4-11(7-10(9)2)19(17,18)16-13-8-15-6-5-12(13)14/h3-8,16H,1-2H3. The Balaban J connectivity index is 2.38. The van der Waals surface area contributed by atoms with Gasteiger partial charge in [0.25, 0.3) is 10.0 Å². The molecule has 0 bridgehead atoms. The third kappa shape index (κ3) is 3.05. The summed E-state index contributed by atoms with van der Waals surface area (Å²) in [6, 6.07) is 6.49. The molecule has 4 nitrogen and oxygen atoms in total. The van der Waals surface area contributed by atoms with Gasteiger partial charge in [-0.25, -0.2) is 8.42 Å². The van der Waals surface area contributed by atoms with Crippen molar-refractivity contribution in [3.63, 3.8) is 0 Å². The van der Waals surface area contributed by atoms with Crippen LogP contribution in [0.2, 0.25) is 5.02 Å². The fourth-order valence-electron chi connectivity index (χ4n) is 1.54. The van der Waals surface area contributed by atoms with E-state index in [1.165, 1.54) is 18.5 Å². The van der Waals surface area contributed by atoms with Crippen LogP contribution in [0.15, 0.2) is 41.6 Å². The number of anilines is 1. The molecule has 0 atom stereocenters. The quantitative estimate of drug-likeness (QED) is 0.946. The molecule has 0 aliphatic heterocycles. The normalized spacial score (nSPS) is 11.3. The maximum Gasteiger partial charge on any atom is 0.261 e. The van der Waals surface area contributed by atoms with E-state index < -0.39 is 10.0 Å². The molecule has 0 unspecified atom stereocenters. The molecular formula is C13H13ClN2O2S. The summed E-state index contributed by atoms with van der Waals surface area (Å²) in [7, 11) is -3.65. The zero-order valence-electron chi connectivity index (χ0n) is 10.5. The number of benzene rings is 1. The van der Waals surface area contributed by atoms with E-state index in [1.807, 2.05) is 13.8 Å². The Morgan fingerprint density at radius 1 is 1.16 bits per heavy atom. The molecule has 0 spiro atoms. The lowest BCUT2D eigenvalue weighted by atomic mass is 10.1. The minimum absolute atomic E-state index is 0.204. The summed E-state index contributed by atoms with van der Waals surface area (Å²) in [6.07, 6.45) is 2.87. The average molecular weight is 297 g/mol. The fraction of sp³-hybridized carbons (Fsp3) is 0.154. The molecule has 0 saturated heterocycles. The van der Waals surface area contributed by atoms with Crippen molar-refractivity contribution >= 4 is 27.3 Å². The number of rotatable bonds is 3. The summed E-state index contributed by atoms with van der Waals surface area (Å²) in [5, 5.41) is 0.308. The van der Waals surface area contributed by atoms with Gasteiger partial charge in [-0.2, -0.15) is 0 Å². The third-order valence-electron chi connectivity index (χ3n) is 2.80. The number of hydrogen-bond donors (Lipinski definition) is 1. The van der Waals surface area contributed by atoms with E-state index in [9.17, 15) is 8.42 Å². The Morgan fingerprint density at radius 2 is 1.89 bits per heavy atom. The summed E-state index contributed by atoms with van der Waals surface area (Å²) < 4.78 is 26.9. The highest BCUT2D eigenvalue weighted by molar-refractivity contribution is 7.92. The number of aromatic nitrogens is 1. The zero-order valence-corrected chi connectivity index (χ0v) is 12.1. The molecule has 100 valence electrons. The van der Waals surface area contributed by atoms with Gasteiger partial charge in [0.05, 0.1) is 21.8 Å². The van der Waals surface area contributed by atoms with Crippen LogP contribution in [0, 0.1) is 13.8 Å². The second kappa shape index (κ2) is 5.19. The molecular weight excluding hydrogens is 284 g/mol. The molecule has 2 aromatic rings. The molecule has 0 radical (unpaired) electrons.